The average molecular weight is 124 g/mol. The molecule has 0 saturated carbocycles. The zero-order chi connectivity index (χ0) is 5.28. The number of aryl methyl sites for hydroxylation is 1. The molecule has 0 N–H and O–H groups in total. The van der Waals surface area contributed by atoms with Crippen molar-refractivity contribution in [2.75, 3.05) is 0 Å². The van der Waals surface area contributed by atoms with E-state index in [2.05, 4.69) is 28.2 Å². The van der Waals surface area contributed by atoms with Gasteiger partial charge in [-0.2, -0.15) is 0 Å². The van der Waals surface area contributed by atoms with Gasteiger partial charge >= 0.3 is 18.9 Å². The number of aromatic nitrogens is 4. The van der Waals surface area contributed by atoms with E-state index in [1.807, 2.05) is 0 Å². The quantitative estimate of drug-likeness (QED) is 0.351. The molecule has 0 unspecified atom stereocenters. The van der Waals surface area contributed by atoms with Crippen molar-refractivity contribution in [3.63, 3.8) is 0 Å². The Balaban J connectivity index is 0.000000490. The number of nitrogens with zero attached hydrogens (tertiary/aromatic N) is 4. The first-order valence-corrected chi connectivity index (χ1v) is 2.17. The van der Waals surface area contributed by atoms with Crippen LogP contribution >= 0.6 is 12.6 Å². The summed E-state index contributed by atoms with van der Waals surface area (Å²) in [5.41, 5.74) is 0. The van der Waals surface area contributed by atoms with Crippen molar-refractivity contribution in [2.24, 2.45) is 7.05 Å². The minimum atomic E-state index is 0. The van der Waals surface area contributed by atoms with Crippen molar-refractivity contribution in [1.29, 1.82) is 0 Å². The molecule has 1 rings (SSSR count). The van der Waals surface area contributed by atoms with E-state index in [1.54, 1.807) is 7.05 Å². The van der Waals surface area contributed by atoms with E-state index >= 15 is 0 Å². The molecule has 1 aromatic heterocycles. The summed E-state index contributed by atoms with van der Waals surface area (Å²) in [5, 5.41) is 10.8. The minimum absolute atomic E-state index is 0. The zero-order valence-electron chi connectivity index (χ0n) is 3.74. The normalized spacial score (nSPS) is 8.25. The monoisotopic (exact) mass is 124 g/mol. The second kappa shape index (κ2) is 3.12. The number of tetrazole rings is 1. The van der Waals surface area contributed by atoms with Gasteiger partial charge in [0, 0.05) is 7.05 Å². The van der Waals surface area contributed by atoms with Crippen molar-refractivity contribution in [3.8, 4) is 0 Å². The summed E-state index contributed by atoms with van der Waals surface area (Å²) in [6, 6.07) is 0. The maximum absolute atomic E-state index is 3.88. The molecule has 0 saturated heterocycles. The summed E-state index contributed by atoms with van der Waals surface area (Å²) < 4.78 is 1.48. The summed E-state index contributed by atoms with van der Waals surface area (Å²) in [4.78, 5) is 0. The van der Waals surface area contributed by atoms with Gasteiger partial charge in [0.15, 0.2) is 0 Å². The summed E-state index contributed by atoms with van der Waals surface area (Å²) in [6.45, 7) is 0. The van der Waals surface area contributed by atoms with E-state index < -0.39 is 0 Å². The van der Waals surface area contributed by atoms with Crippen LogP contribution in [-0.2, 0) is 7.05 Å². The van der Waals surface area contributed by atoms with Crippen LogP contribution in [0.2, 0.25) is 0 Å². The number of thiol groups is 1. The molecule has 8 heavy (non-hydrogen) atoms. The molecule has 0 bridgehead atoms. The molecular formula is C2H5LiN4S. The van der Waals surface area contributed by atoms with Crippen LogP contribution in [0.5, 0.6) is 0 Å². The Morgan fingerprint density at radius 3 is 2.38 bits per heavy atom. The first-order chi connectivity index (χ1) is 3.30. The predicted molar refractivity (Wildman–Crippen MR) is 33.2 cm³/mol. The van der Waals surface area contributed by atoms with Crippen LogP contribution < -0.4 is 0 Å². The molecule has 0 spiro atoms. The van der Waals surface area contributed by atoms with Crippen LogP contribution in [-0.4, -0.2) is 39.1 Å². The van der Waals surface area contributed by atoms with Crippen LogP contribution in [0.25, 0.3) is 0 Å². The second-order valence-corrected chi connectivity index (χ2v) is 1.50. The third kappa shape index (κ3) is 1.51. The number of hydrogen-bond donors (Lipinski definition) is 1. The Labute approximate surface area is 64.2 Å². The van der Waals surface area contributed by atoms with Crippen LogP contribution in [0, 0.1) is 0 Å². The molecule has 1 aromatic rings. The molecule has 4 nitrogen and oxygen atoms in total. The van der Waals surface area contributed by atoms with Gasteiger partial charge in [0.1, 0.15) is 0 Å². The second-order valence-electron chi connectivity index (χ2n) is 1.10. The number of rotatable bonds is 0. The molecule has 1 heterocycles. The molecule has 40 valence electrons. The Hall–Kier alpha value is 0.0174. The molecule has 6 heteroatoms. The van der Waals surface area contributed by atoms with Gasteiger partial charge in [-0.1, -0.05) is 0 Å². The molecule has 0 atom stereocenters. The van der Waals surface area contributed by atoms with Gasteiger partial charge in [0.05, 0.1) is 0 Å². The Bertz CT molecular complexity index is 146. The Kier molecular flexibility index (Phi) is 3.13. The van der Waals surface area contributed by atoms with Crippen LogP contribution in [0.3, 0.4) is 0 Å². The van der Waals surface area contributed by atoms with Crippen molar-refractivity contribution in [3.05, 3.63) is 0 Å². The fraction of sp³-hybridized carbons (Fsp3) is 0.500. The van der Waals surface area contributed by atoms with E-state index in [4.69, 9.17) is 0 Å². The fourth-order valence-electron chi connectivity index (χ4n) is 0.225. The van der Waals surface area contributed by atoms with Gasteiger partial charge in [-0.15, -0.1) is 17.7 Å². The molecule has 0 amide bonds. The number of hydrogen-bond acceptors (Lipinski definition) is 4. The topological polar surface area (TPSA) is 43.6 Å². The predicted octanol–water partition coefficient (Wildman–Crippen LogP) is -1.15. The zero-order valence-corrected chi connectivity index (χ0v) is 4.63. The van der Waals surface area contributed by atoms with Gasteiger partial charge < -0.3 is 0 Å². The van der Waals surface area contributed by atoms with E-state index in [1.165, 1.54) is 4.68 Å². The molecule has 0 aliphatic rings. The van der Waals surface area contributed by atoms with Gasteiger partial charge in [0.25, 0.3) is 0 Å². The molecule has 0 aliphatic carbocycles. The SMILES string of the molecule is Cn1nnnc1S.[LiH]. The Morgan fingerprint density at radius 1 is 1.62 bits per heavy atom. The first kappa shape index (κ1) is 8.02. The van der Waals surface area contributed by atoms with Crippen LogP contribution in [0.15, 0.2) is 5.16 Å². The van der Waals surface area contributed by atoms with Crippen LogP contribution in [0.1, 0.15) is 0 Å². The Morgan fingerprint density at radius 2 is 2.25 bits per heavy atom. The van der Waals surface area contributed by atoms with E-state index in [9.17, 15) is 0 Å². The standard InChI is InChI=1S/C2H4N4S.Li.H/c1-6-2(7)3-4-5-6;;/h1H3,(H,3,5,7);;. The van der Waals surface area contributed by atoms with Crippen LogP contribution in [0.4, 0.5) is 0 Å². The van der Waals surface area contributed by atoms with Crippen molar-refractivity contribution in [1.82, 2.24) is 20.2 Å². The first-order valence-electron chi connectivity index (χ1n) is 1.72. The summed E-state index contributed by atoms with van der Waals surface area (Å²) >= 11 is 3.88. The average Bonchev–Trinajstić information content (AvgIpc) is 1.91. The van der Waals surface area contributed by atoms with Gasteiger partial charge in [-0.3, -0.25) is 0 Å². The third-order valence-corrected chi connectivity index (χ3v) is 0.977. The van der Waals surface area contributed by atoms with E-state index in [0.29, 0.717) is 5.16 Å². The van der Waals surface area contributed by atoms with Gasteiger partial charge in [-0.05, 0) is 10.4 Å². The van der Waals surface area contributed by atoms with Gasteiger partial charge in [-0.25, -0.2) is 4.68 Å². The molecule has 0 radical (unpaired) electrons. The summed E-state index contributed by atoms with van der Waals surface area (Å²) in [7, 11) is 1.72. The summed E-state index contributed by atoms with van der Waals surface area (Å²) in [6.07, 6.45) is 0. The molecule has 0 fully saturated rings. The molecule has 0 aliphatic heterocycles. The summed E-state index contributed by atoms with van der Waals surface area (Å²) in [5.74, 6) is 0. The maximum atomic E-state index is 3.88. The molecular weight excluding hydrogens is 119 g/mol. The van der Waals surface area contributed by atoms with Crippen molar-refractivity contribution >= 4 is 31.5 Å². The van der Waals surface area contributed by atoms with E-state index in [-0.39, 0.29) is 18.9 Å². The van der Waals surface area contributed by atoms with Crippen molar-refractivity contribution < 1.29 is 0 Å². The van der Waals surface area contributed by atoms with E-state index in [0.717, 1.165) is 0 Å². The van der Waals surface area contributed by atoms with Crippen molar-refractivity contribution in [2.45, 2.75) is 5.16 Å². The van der Waals surface area contributed by atoms with Gasteiger partial charge in [0.2, 0.25) is 5.16 Å². The molecule has 0 aromatic carbocycles. The fourth-order valence-corrected chi connectivity index (χ4v) is 0.305. The third-order valence-electron chi connectivity index (χ3n) is 0.598.